The SMILES string of the molecule is CC(=O)O[C@H]1CC[C@@]2(CO)C(=CC[C@@H]3[C@@H]2CC[C@]2(CC#N)[C@@H](C(C)=O)CC[C@@H]32)C1. The molecule has 0 amide bonds. The van der Waals surface area contributed by atoms with Gasteiger partial charge in [-0.1, -0.05) is 11.6 Å². The summed E-state index contributed by atoms with van der Waals surface area (Å²) in [6.07, 6.45) is 9.85. The molecule has 4 aliphatic rings. The van der Waals surface area contributed by atoms with Crippen LogP contribution in [-0.4, -0.2) is 29.6 Å². The van der Waals surface area contributed by atoms with E-state index in [0.29, 0.717) is 24.2 Å². The minimum atomic E-state index is -0.235. The van der Waals surface area contributed by atoms with E-state index in [1.165, 1.54) is 12.5 Å². The number of nitriles is 1. The van der Waals surface area contributed by atoms with Gasteiger partial charge in [0.15, 0.2) is 0 Å². The first-order chi connectivity index (χ1) is 13.9. The number of hydrogen-bond donors (Lipinski definition) is 1. The summed E-state index contributed by atoms with van der Waals surface area (Å²) < 4.78 is 5.49. The predicted octanol–water partition coefficient (Wildman–Crippen LogP) is 3.95. The highest BCUT2D eigenvalue weighted by Gasteiger charge is 2.62. The van der Waals surface area contributed by atoms with E-state index in [4.69, 9.17) is 4.74 Å². The molecule has 1 N–H and O–H groups in total. The molecule has 3 saturated carbocycles. The summed E-state index contributed by atoms with van der Waals surface area (Å²) in [4.78, 5) is 23.8. The van der Waals surface area contributed by atoms with Gasteiger partial charge in [0.05, 0.1) is 12.7 Å². The van der Waals surface area contributed by atoms with Crippen molar-refractivity contribution in [1.82, 2.24) is 0 Å². The first-order valence-electron chi connectivity index (χ1n) is 11.2. The molecule has 5 nitrogen and oxygen atoms in total. The standard InChI is InChI=1S/C24H33NO4/c1-15(27)20-5-6-21-19-4-3-17-13-18(29-16(2)28)7-9-24(17,14-26)22(19)8-10-23(20,21)11-12-25/h3,18-22,26H,4-11,13-14H2,1-2H3/t18-,19-,20+,21-,22-,23-,24+/m0/s1. The lowest BCUT2D eigenvalue weighted by Gasteiger charge is -2.58. The zero-order valence-electron chi connectivity index (χ0n) is 17.7. The number of allylic oxidation sites excluding steroid dienone is 1. The van der Waals surface area contributed by atoms with Crippen molar-refractivity contribution in [2.45, 2.75) is 77.7 Å². The van der Waals surface area contributed by atoms with Crippen molar-refractivity contribution in [3.8, 4) is 6.07 Å². The average molecular weight is 400 g/mol. The molecule has 0 heterocycles. The van der Waals surface area contributed by atoms with E-state index in [-0.39, 0.29) is 41.2 Å². The summed E-state index contributed by atoms with van der Waals surface area (Å²) in [6, 6.07) is 2.42. The van der Waals surface area contributed by atoms with Crippen LogP contribution in [0.15, 0.2) is 11.6 Å². The van der Waals surface area contributed by atoms with Crippen molar-refractivity contribution in [3.05, 3.63) is 11.6 Å². The third kappa shape index (κ3) is 3.06. The minimum absolute atomic E-state index is 0.0169. The van der Waals surface area contributed by atoms with Crippen molar-refractivity contribution in [3.63, 3.8) is 0 Å². The first kappa shape index (κ1) is 20.6. The average Bonchev–Trinajstić information content (AvgIpc) is 3.07. The Bertz CT molecular complexity index is 767. The van der Waals surface area contributed by atoms with E-state index < -0.39 is 0 Å². The van der Waals surface area contributed by atoms with E-state index in [1.54, 1.807) is 6.92 Å². The molecule has 29 heavy (non-hydrogen) atoms. The lowest BCUT2D eigenvalue weighted by molar-refractivity contribution is -0.150. The number of ketones is 1. The first-order valence-corrected chi connectivity index (χ1v) is 11.2. The zero-order valence-corrected chi connectivity index (χ0v) is 17.7. The second kappa shape index (κ2) is 7.54. The summed E-state index contributed by atoms with van der Waals surface area (Å²) in [5.74, 6) is 1.24. The van der Waals surface area contributed by atoms with Crippen molar-refractivity contribution in [2.24, 2.45) is 34.5 Å². The highest BCUT2D eigenvalue weighted by Crippen LogP contribution is 2.67. The lowest BCUT2D eigenvalue weighted by Crippen LogP contribution is -2.54. The Hall–Kier alpha value is -1.67. The van der Waals surface area contributed by atoms with Crippen molar-refractivity contribution < 1.29 is 19.4 Å². The van der Waals surface area contributed by atoms with E-state index in [2.05, 4.69) is 12.1 Å². The number of rotatable bonds is 4. The number of nitrogens with zero attached hydrogens (tertiary/aromatic N) is 1. The molecule has 5 heteroatoms. The van der Waals surface area contributed by atoms with Gasteiger partial charge in [-0.2, -0.15) is 5.26 Å². The molecule has 0 aromatic carbocycles. The van der Waals surface area contributed by atoms with Crippen LogP contribution in [0.2, 0.25) is 0 Å². The van der Waals surface area contributed by atoms with Crippen LogP contribution in [0.1, 0.15) is 71.6 Å². The molecule has 3 fully saturated rings. The predicted molar refractivity (Wildman–Crippen MR) is 107 cm³/mol. The summed E-state index contributed by atoms with van der Waals surface area (Å²) >= 11 is 0. The number of carbonyl (C=O) groups excluding carboxylic acids is 2. The number of Topliss-reactive ketones (excluding diaryl/α,β-unsaturated/α-hetero) is 1. The molecule has 4 rings (SSSR count). The van der Waals surface area contributed by atoms with Gasteiger partial charge in [0.25, 0.3) is 0 Å². The maximum Gasteiger partial charge on any atom is 0.302 e. The van der Waals surface area contributed by atoms with Crippen molar-refractivity contribution in [2.75, 3.05) is 6.61 Å². The Morgan fingerprint density at radius 3 is 2.66 bits per heavy atom. The Morgan fingerprint density at radius 2 is 2.00 bits per heavy atom. The van der Waals surface area contributed by atoms with E-state index >= 15 is 0 Å². The van der Waals surface area contributed by atoms with Gasteiger partial charge in [-0.15, -0.1) is 0 Å². The number of hydrogen-bond acceptors (Lipinski definition) is 5. The smallest absolute Gasteiger partial charge is 0.302 e. The number of carbonyl (C=O) groups is 2. The second-order valence-corrected chi connectivity index (χ2v) is 9.98. The second-order valence-electron chi connectivity index (χ2n) is 9.98. The summed E-state index contributed by atoms with van der Waals surface area (Å²) in [5.41, 5.74) is 0.887. The fourth-order valence-electron chi connectivity index (χ4n) is 7.96. The molecule has 0 aromatic heterocycles. The van der Waals surface area contributed by atoms with Gasteiger partial charge < -0.3 is 9.84 Å². The Kier molecular flexibility index (Phi) is 5.36. The molecule has 7 atom stereocenters. The highest BCUT2D eigenvalue weighted by atomic mass is 16.5. The molecule has 0 radical (unpaired) electrons. The molecule has 0 aliphatic heterocycles. The molecule has 0 spiro atoms. The van der Waals surface area contributed by atoms with Crippen LogP contribution in [-0.2, 0) is 14.3 Å². The normalized spacial score (nSPS) is 43.2. The van der Waals surface area contributed by atoms with Crippen LogP contribution in [0.4, 0.5) is 0 Å². The number of fused-ring (bicyclic) bond motifs is 5. The fraction of sp³-hybridized carbons (Fsp3) is 0.792. The molecule has 0 aromatic rings. The van der Waals surface area contributed by atoms with Crippen LogP contribution < -0.4 is 0 Å². The minimum Gasteiger partial charge on any atom is -0.462 e. The Balaban J connectivity index is 1.65. The van der Waals surface area contributed by atoms with E-state index in [9.17, 15) is 20.0 Å². The number of esters is 1. The third-order valence-corrected chi connectivity index (χ3v) is 9.01. The molecular formula is C24H33NO4. The van der Waals surface area contributed by atoms with Crippen LogP contribution >= 0.6 is 0 Å². The van der Waals surface area contributed by atoms with Crippen molar-refractivity contribution >= 4 is 11.8 Å². The quantitative estimate of drug-likeness (QED) is 0.571. The molecule has 0 bridgehead atoms. The van der Waals surface area contributed by atoms with Gasteiger partial charge in [-0.05, 0) is 75.0 Å². The number of aliphatic hydroxyl groups excluding tert-OH is 1. The monoisotopic (exact) mass is 399 g/mol. The highest BCUT2D eigenvalue weighted by molar-refractivity contribution is 5.79. The number of ether oxygens (including phenoxy) is 1. The van der Waals surface area contributed by atoms with Gasteiger partial charge in [0.2, 0.25) is 0 Å². The molecule has 0 unspecified atom stereocenters. The topological polar surface area (TPSA) is 87.4 Å². The summed E-state index contributed by atoms with van der Waals surface area (Å²) in [7, 11) is 0. The molecule has 158 valence electrons. The maximum absolute atomic E-state index is 12.4. The van der Waals surface area contributed by atoms with Gasteiger partial charge in [0.1, 0.15) is 11.9 Å². The number of aliphatic hydroxyl groups is 1. The third-order valence-electron chi connectivity index (χ3n) is 9.01. The largest absolute Gasteiger partial charge is 0.462 e. The van der Waals surface area contributed by atoms with Gasteiger partial charge >= 0.3 is 5.97 Å². The summed E-state index contributed by atoms with van der Waals surface area (Å²) in [5, 5.41) is 20.2. The molecule has 4 aliphatic carbocycles. The van der Waals surface area contributed by atoms with Crippen molar-refractivity contribution in [1.29, 1.82) is 5.26 Å². The van der Waals surface area contributed by atoms with Crippen LogP contribution in [0.3, 0.4) is 0 Å². The fourth-order valence-corrected chi connectivity index (χ4v) is 7.96. The molecule has 0 saturated heterocycles. The Labute approximate surface area is 173 Å². The summed E-state index contributed by atoms with van der Waals surface area (Å²) in [6.45, 7) is 3.30. The van der Waals surface area contributed by atoms with E-state index in [1.807, 2.05) is 0 Å². The van der Waals surface area contributed by atoms with Crippen LogP contribution in [0.5, 0.6) is 0 Å². The van der Waals surface area contributed by atoms with Crippen LogP contribution in [0, 0.1) is 45.8 Å². The van der Waals surface area contributed by atoms with Crippen LogP contribution in [0.25, 0.3) is 0 Å². The van der Waals surface area contributed by atoms with Gasteiger partial charge in [-0.3, -0.25) is 9.59 Å². The zero-order chi connectivity index (χ0) is 20.8. The van der Waals surface area contributed by atoms with E-state index in [0.717, 1.165) is 51.4 Å². The van der Waals surface area contributed by atoms with Gasteiger partial charge in [-0.25, -0.2) is 0 Å². The maximum atomic E-state index is 12.4. The lowest BCUT2D eigenvalue weighted by atomic mass is 9.46. The van der Waals surface area contributed by atoms with Gasteiger partial charge in [0, 0.05) is 31.1 Å². The Morgan fingerprint density at radius 1 is 1.21 bits per heavy atom. The molecular weight excluding hydrogens is 366 g/mol.